The summed E-state index contributed by atoms with van der Waals surface area (Å²) >= 11 is 12.0. The molecule has 142 valence electrons. The van der Waals surface area contributed by atoms with Crippen LogP contribution >= 0.6 is 23.2 Å². The van der Waals surface area contributed by atoms with Crippen molar-refractivity contribution in [2.45, 2.75) is 26.8 Å². The van der Waals surface area contributed by atoms with E-state index in [1.54, 1.807) is 0 Å². The summed E-state index contributed by atoms with van der Waals surface area (Å²) in [5, 5.41) is 20.5. The van der Waals surface area contributed by atoms with Crippen molar-refractivity contribution in [2.75, 3.05) is 13.2 Å². The lowest BCUT2D eigenvalue weighted by Crippen LogP contribution is -2.27. The molecule has 0 spiro atoms. The Morgan fingerprint density at radius 2 is 2.07 bits per heavy atom. The van der Waals surface area contributed by atoms with E-state index in [-0.39, 0.29) is 33.8 Å². The fourth-order valence-electron chi connectivity index (χ4n) is 2.71. The first-order chi connectivity index (χ1) is 12.8. The molecule has 6 nitrogen and oxygen atoms in total. The van der Waals surface area contributed by atoms with Crippen LogP contribution in [-0.2, 0) is 11.3 Å². The van der Waals surface area contributed by atoms with E-state index in [0.29, 0.717) is 24.7 Å². The van der Waals surface area contributed by atoms with Gasteiger partial charge in [-0.15, -0.1) is 0 Å². The second-order valence-electron chi connectivity index (χ2n) is 5.77. The third kappa shape index (κ3) is 4.33. The molecule has 0 aliphatic heterocycles. The molecule has 1 aromatic heterocycles. The highest BCUT2D eigenvalue weighted by Gasteiger charge is 2.26. The normalized spacial score (nSPS) is 10.6. The number of rotatable bonds is 7. The lowest BCUT2D eigenvalue weighted by Gasteiger charge is -2.16. The van der Waals surface area contributed by atoms with E-state index >= 15 is 0 Å². The van der Waals surface area contributed by atoms with Gasteiger partial charge in [-0.3, -0.25) is 14.2 Å². The van der Waals surface area contributed by atoms with Crippen LogP contribution in [0.1, 0.15) is 40.4 Å². The molecule has 0 aliphatic rings. The molecule has 1 aromatic carbocycles. The first-order valence-electron chi connectivity index (χ1n) is 8.27. The number of nitriles is 1. The van der Waals surface area contributed by atoms with Crippen LogP contribution < -0.4 is 5.56 Å². The minimum atomic E-state index is -0.650. The van der Waals surface area contributed by atoms with Crippen molar-refractivity contribution in [1.82, 2.24) is 4.57 Å². The molecular formula is C19H18Cl2N2O4. The zero-order valence-corrected chi connectivity index (χ0v) is 16.4. The van der Waals surface area contributed by atoms with Gasteiger partial charge in [0.05, 0.1) is 10.6 Å². The molecule has 2 aromatic rings. The number of ether oxygens (including phenoxy) is 1. The van der Waals surface area contributed by atoms with Gasteiger partial charge in [-0.2, -0.15) is 5.26 Å². The van der Waals surface area contributed by atoms with Crippen LogP contribution in [0.4, 0.5) is 0 Å². The average Bonchev–Trinajstić information content (AvgIpc) is 2.61. The summed E-state index contributed by atoms with van der Waals surface area (Å²) < 4.78 is 6.25. The van der Waals surface area contributed by atoms with Crippen molar-refractivity contribution in [1.29, 1.82) is 5.26 Å². The summed E-state index contributed by atoms with van der Waals surface area (Å²) in [5.41, 5.74) is -0.757. The van der Waals surface area contributed by atoms with E-state index in [4.69, 9.17) is 27.9 Å². The number of carbonyl (C=O) groups is 1. The first-order valence-corrected chi connectivity index (χ1v) is 9.03. The van der Waals surface area contributed by atoms with Crippen molar-refractivity contribution < 1.29 is 14.6 Å². The van der Waals surface area contributed by atoms with Gasteiger partial charge in [0, 0.05) is 30.3 Å². The lowest BCUT2D eigenvalue weighted by atomic mass is 9.97. The fraction of sp³-hybridized carbons (Fsp3) is 0.316. The molecule has 0 atom stereocenters. The molecule has 1 heterocycles. The van der Waals surface area contributed by atoms with Crippen LogP contribution in [0.15, 0.2) is 23.0 Å². The fourth-order valence-corrected chi connectivity index (χ4v) is 3.20. The Hall–Kier alpha value is -2.33. The molecule has 0 fully saturated rings. The summed E-state index contributed by atoms with van der Waals surface area (Å²) in [5.74, 6) is -1.09. The van der Waals surface area contributed by atoms with Gasteiger partial charge < -0.3 is 9.84 Å². The van der Waals surface area contributed by atoms with Gasteiger partial charge in [0.15, 0.2) is 5.78 Å². The topological polar surface area (TPSA) is 92.3 Å². The van der Waals surface area contributed by atoms with Gasteiger partial charge in [-0.25, -0.2) is 0 Å². The van der Waals surface area contributed by atoms with Crippen LogP contribution in [0.2, 0.25) is 10.0 Å². The van der Waals surface area contributed by atoms with Crippen LogP contribution in [0, 0.1) is 18.3 Å². The maximum absolute atomic E-state index is 13.0. The highest BCUT2D eigenvalue weighted by atomic mass is 35.5. The molecule has 0 amide bonds. The number of aromatic hydroxyl groups is 1. The molecule has 0 unspecified atom stereocenters. The van der Waals surface area contributed by atoms with E-state index < -0.39 is 17.2 Å². The predicted molar refractivity (Wildman–Crippen MR) is 103 cm³/mol. The Morgan fingerprint density at radius 1 is 1.37 bits per heavy atom. The number of ketones is 1. The minimum Gasteiger partial charge on any atom is -0.494 e. The molecule has 2 rings (SSSR count). The van der Waals surface area contributed by atoms with Crippen molar-refractivity contribution >= 4 is 29.0 Å². The van der Waals surface area contributed by atoms with Crippen LogP contribution in [-0.4, -0.2) is 28.7 Å². The Kier molecular flexibility index (Phi) is 7.03. The molecule has 8 heteroatoms. The maximum Gasteiger partial charge on any atom is 0.271 e. The van der Waals surface area contributed by atoms with Gasteiger partial charge in [-0.05, 0) is 44.0 Å². The lowest BCUT2D eigenvalue weighted by molar-refractivity contribution is 0.103. The van der Waals surface area contributed by atoms with Crippen LogP contribution in [0.3, 0.4) is 0 Å². The highest BCUT2D eigenvalue weighted by molar-refractivity contribution is 6.37. The summed E-state index contributed by atoms with van der Waals surface area (Å²) in [4.78, 5) is 25.5. The number of benzene rings is 1. The van der Waals surface area contributed by atoms with Crippen molar-refractivity contribution in [3.8, 4) is 11.9 Å². The Balaban J connectivity index is 2.60. The number of hydrogen-bond donors (Lipinski definition) is 1. The molecule has 0 saturated carbocycles. The standard InChI is InChI=1S/C19H18Cl2N2O4/c1-3-27-8-4-7-23-18(25)14(10-22)11(2)16(19(23)26)17(24)13-6-5-12(20)9-15(13)21/h5-6,9,26H,3-4,7-8H2,1-2H3. The van der Waals surface area contributed by atoms with E-state index in [1.165, 1.54) is 25.1 Å². The zero-order chi connectivity index (χ0) is 20.1. The maximum atomic E-state index is 13.0. The number of halogens is 2. The quantitative estimate of drug-likeness (QED) is 0.556. The average molecular weight is 409 g/mol. The summed E-state index contributed by atoms with van der Waals surface area (Å²) in [6.45, 7) is 4.30. The van der Waals surface area contributed by atoms with Crippen molar-refractivity contribution in [3.05, 3.63) is 60.9 Å². The number of pyridine rings is 1. The summed E-state index contributed by atoms with van der Waals surface area (Å²) in [6.07, 6.45) is 0.435. The Labute approximate surface area is 166 Å². The predicted octanol–water partition coefficient (Wildman–Crippen LogP) is 3.70. The summed E-state index contributed by atoms with van der Waals surface area (Å²) in [7, 11) is 0. The molecule has 0 radical (unpaired) electrons. The highest BCUT2D eigenvalue weighted by Crippen LogP contribution is 2.29. The minimum absolute atomic E-state index is 0.105. The molecule has 27 heavy (non-hydrogen) atoms. The first kappa shape index (κ1) is 21.0. The second kappa shape index (κ2) is 9.05. The largest absolute Gasteiger partial charge is 0.494 e. The Bertz CT molecular complexity index is 977. The number of carbonyl (C=O) groups excluding carboxylic acids is 1. The SMILES string of the molecule is CCOCCCn1c(O)c(C(=O)c2ccc(Cl)cc2Cl)c(C)c(C#N)c1=O. The molecule has 0 aliphatic carbocycles. The van der Waals surface area contributed by atoms with Gasteiger partial charge in [0.1, 0.15) is 11.6 Å². The molecular weight excluding hydrogens is 391 g/mol. The Morgan fingerprint density at radius 3 is 2.67 bits per heavy atom. The number of nitrogens with zero attached hydrogens (tertiary/aromatic N) is 2. The zero-order valence-electron chi connectivity index (χ0n) is 14.9. The number of hydrogen-bond acceptors (Lipinski definition) is 5. The van der Waals surface area contributed by atoms with Crippen LogP contribution in [0.25, 0.3) is 0 Å². The van der Waals surface area contributed by atoms with E-state index in [2.05, 4.69) is 0 Å². The third-order valence-electron chi connectivity index (χ3n) is 4.08. The van der Waals surface area contributed by atoms with E-state index in [1.807, 2.05) is 13.0 Å². The summed E-state index contributed by atoms with van der Waals surface area (Å²) in [6, 6.07) is 6.16. The molecule has 0 saturated heterocycles. The second-order valence-corrected chi connectivity index (χ2v) is 6.61. The molecule has 0 bridgehead atoms. The molecule has 1 N–H and O–H groups in total. The van der Waals surface area contributed by atoms with Crippen molar-refractivity contribution in [2.24, 2.45) is 0 Å². The number of aromatic nitrogens is 1. The third-order valence-corrected chi connectivity index (χ3v) is 4.63. The monoisotopic (exact) mass is 408 g/mol. The van der Waals surface area contributed by atoms with E-state index in [0.717, 1.165) is 4.57 Å². The van der Waals surface area contributed by atoms with E-state index in [9.17, 15) is 20.0 Å². The smallest absolute Gasteiger partial charge is 0.271 e. The van der Waals surface area contributed by atoms with Gasteiger partial charge >= 0.3 is 0 Å². The van der Waals surface area contributed by atoms with Gasteiger partial charge in [0.25, 0.3) is 5.56 Å². The van der Waals surface area contributed by atoms with Crippen LogP contribution in [0.5, 0.6) is 5.88 Å². The van der Waals surface area contributed by atoms with Crippen molar-refractivity contribution in [3.63, 3.8) is 0 Å². The van der Waals surface area contributed by atoms with Gasteiger partial charge in [-0.1, -0.05) is 23.2 Å². The van der Waals surface area contributed by atoms with Gasteiger partial charge in [0.2, 0.25) is 5.88 Å².